The fraction of sp³-hybridized carbons (Fsp3) is 0.238. The maximum atomic E-state index is 12.5. The molecule has 1 N–H and O–H groups in total. The van der Waals surface area contributed by atoms with Crippen LogP contribution >= 0.6 is 0 Å². The van der Waals surface area contributed by atoms with Gasteiger partial charge in [0.05, 0.1) is 37.2 Å². The maximum Gasteiger partial charge on any atom is 0.341 e. The molecule has 0 saturated heterocycles. The lowest BCUT2D eigenvalue weighted by molar-refractivity contribution is 0.0527. The minimum Gasteiger partial charge on any atom is -0.495 e. The predicted molar refractivity (Wildman–Crippen MR) is 105 cm³/mol. The fourth-order valence-electron chi connectivity index (χ4n) is 2.81. The lowest BCUT2D eigenvalue weighted by Crippen LogP contribution is -2.09. The average molecular weight is 366 g/mol. The van der Waals surface area contributed by atoms with Gasteiger partial charge in [-0.2, -0.15) is 0 Å². The van der Waals surface area contributed by atoms with Crippen molar-refractivity contribution < 1.29 is 19.0 Å². The fourth-order valence-corrected chi connectivity index (χ4v) is 2.81. The molecule has 2 aromatic carbocycles. The van der Waals surface area contributed by atoms with Crippen molar-refractivity contribution >= 4 is 28.2 Å². The summed E-state index contributed by atoms with van der Waals surface area (Å²) in [6, 6.07) is 13.1. The van der Waals surface area contributed by atoms with Crippen LogP contribution in [0.4, 0.5) is 11.4 Å². The number of carbonyl (C=O) groups is 1. The van der Waals surface area contributed by atoms with Crippen LogP contribution in [-0.2, 0) is 4.74 Å². The van der Waals surface area contributed by atoms with Crippen LogP contribution in [0.25, 0.3) is 10.9 Å². The molecule has 6 nitrogen and oxygen atoms in total. The summed E-state index contributed by atoms with van der Waals surface area (Å²) in [6.45, 7) is 4.52. The Balaban J connectivity index is 2.19. The first-order valence-corrected chi connectivity index (χ1v) is 8.80. The number of hydrogen-bond donors (Lipinski definition) is 1. The van der Waals surface area contributed by atoms with Crippen LogP contribution in [0.2, 0.25) is 0 Å². The van der Waals surface area contributed by atoms with Gasteiger partial charge in [0.1, 0.15) is 17.1 Å². The monoisotopic (exact) mass is 366 g/mol. The maximum absolute atomic E-state index is 12.5. The van der Waals surface area contributed by atoms with E-state index >= 15 is 0 Å². The average Bonchev–Trinajstić information content (AvgIpc) is 2.69. The molecule has 0 unspecified atom stereocenters. The second-order valence-electron chi connectivity index (χ2n) is 5.70. The van der Waals surface area contributed by atoms with E-state index in [9.17, 15) is 4.79 Å². The molecule has 6 heteroatoms. The third-order valence-corrected chi connectivity index (χ3v) is 4.01. The summed E-state index contributed by atoms with van der Waals surface area (Å²) in [5.74, 6) is 0.931. The molecule has 3 aromatic rings. The van der Waals surface area contributed by atoms with E-state index in [-0.39, 0.29) is 6.61 Å². The lowest BCUT2D eigenvalue weighted by Gasteiger charge is -2.16. The zero-order valence-electron chi connectivity index (χ0n) is 15.6. The number of anilines is 2. The zero-order valence-corrected chi connectivity index (χ0v) is 15.6. The van der Waals surface area contributed by atoms with E-state index in [1.54, 1.807) is 14.0 Å². The second kappa shape index (κ2) is 8.40. The van der Waals surface area contributed by atoms with Gasteiger partial charge in [-0.15, -0.1) is 0 Å². The Kier molecular flexibility index (Phi) is 5.76. The molecule has 0 aliphatic carbocycles. The molecular formula is C21H22N2O4. The van der Waals surface area contributed by atoms with Gasteiger partial charge in [-0.3, -0.25) is 4.98 Å². The predicted octanol–water partition coefficient (Wildman–Crippen LogP) is 4.56. The number of methoxy groups -OCH3 is 1. The molecule has 0 fully saturated rings. The molecular weight excluding hydrogens is 344 g/mol. The van der Waals surface area contributed by atoms with Crippen LogP contribution in [0.1, 0.15) is 24.2 Å². The summed E-state index contributed by atoms with van der Waals surface area (Å²) < 4.78 is 16.2. The topological polar surface area (TPSA) is 69.7 Å². The minimum atomic E-state index is -0.439. The Morgan fingerprint density at radius 1 is 1.11 bits per heavy atom. The number of pyridine rings is 1. The molecule has 0 aliphatic heterocycles. The van der Waals surface area contributed by atoms with Gasteiger partial charge in [-0.05, 0) is 44.2 Å². The van der Waals surface area contributed by atoms with Gasteiger partial charge < -0.3 is 19.5 Å². The van der Waals surface area contributed by atoms with E-state index in [4.69, 9.17) is 14.2 Å². The number of aromatic nitrogens is 1. The second-order valence-corrected chi connectivity index (χ2v) is 5.70. The van der Waals surface area contributed by atoms with Crippen molar-refractivity contribution in [1.29, 1.82) is 0 Å². The first kappa shape index (κ1) is 18.5. The van der Waals surface area contributed by atoms with Crippen molar-refractivity contribution in [3.05, 3.63) is 54.2 Å². The number of esters is 1. The Bertz CT molecular complexity index is 956. The van der Waals surface area contributed by atoms with E-state index in [0.29, 0.717) is 29.4 Å². The van der Waals surface area contributed by atoms with Crippen LogP contribution in [0, 0.1) is 0 Å². The zero-order chi connectivity index (χ0) is 19.2. The number of ether oxygens (including phenoxy) is 3. The standard InChI is InChI=1S/C21H22N2O4/c1-4-26-14-10-11-17-15(12-14)20(16(13-22-17)21(24)27-5-2)23-18-8-6-7-9-19(18)25-3/h6-13H,4-5H2,1-3H3,(H,22,23). The van der Waals surface area contributed by atoms with Crippen molar-refractivity contribution in [2.24, 2.45) is 0 Å². The molecule has 140 valence electrons. The van der Waals surface area contributed by atoms with Gasteiger partial charge in [0.15, 0.2) is 0 Å². The number of hydrogen-bond acceptors (Lipinski definition) is 6. The number of rotatable bonds is 7. The highest BCUT2D eigenvalue weighted by atomic mass is 16.5. The molecule has 0 radical (unpaired) electrons. The summed E-state index contributed by atoms with van der Waals surface area (Å²) in [7, 11) is 1.60. The van der Waals surface area contributed by atoms with E-state index in [0.717, 1.165) is 16.6 Å². The third-order valence-electron chi connectivity index (χ3n) is 4.01. The van der Waals surface area contributed by atoms with E-state index in [2.05, 4.69) is 10.3 Å². The molecule has 1 heterocycles. The van der Waals surface area contributed by atoms with Crippen LogP contribution in [0.5, 0.6) is 11.5 Å². The number of nitrogens with zero attached hydrogens (tertiary/aromatic N) is 1. The SMILES string of the molecule is CCOC(=O)c1cnc2ccc(OCC)cc2c1Nc1ccccc1OC. The molecule has 3 rings (SSSR count). The number of carbonyl (C=O) groups excluding carboxylic acids is 1. The Hall–Kier alpha value is -3.28. The quantitative estimate of drug-likeness (QED) is 0.618. The van der Waals surface area contributed by atoms with Gasteiger partial charge in [0, 0.05) is 11.6 Å². The number of nitrogens with one attached hydrogen (secondary N) is 1. The molecule has 27 heavy (non-hydrogen) atoms. The Morgan fingerprint density at radius 2 is 1.93 bits per heavy atom. The van der Waals surface area contributed by atoms with Gasteiger partial charge in [-0.25, -0.2) is 4.79 Å². The molecule has 0 amide bonds. The number of fused-ring (bicyclic) bond motifs is 1. The van der Waals surface area contributed by atoms with Crippen LogP contribution in [-0.4, -0.2) is 31.3 Å². The highest BCUT2D eigenvalue weighted by molar-refractivity contribution is 6.06. The molecule has 0 bridgehead atoms. The normalized spacial score (nSPS) is 10.5. The summed E-state index contributed by atoms with van der Waals surface area (Å²) in [5.41, 5.74) is 2.43. The molecule has 0 atom stereocenters. The highest BCUT2D eigenvalue weighted by Gasteiger charge is 2.18. The first-order valence-electron chi connectivity index (χ1n) is 8.80. The summed E-state index contributed by atoms with van der Waals surface area (Å²) in [6.07, 6.45) is 1.53. The van der Waals surface area contributed by atoms with Crippen molar-refractivity contribution in [1.82, 2.24) is 4.98 Å². The van der Waals surface area contributed by atoms with Crippen LogP contribution < -0.4 is 14.8 Å². The van der Waals surface area contributed by atoms with Gasteiger partial charge in [-0.1, -0.05) is 12.1 Å². The van der Waals surface area contributed by atoms with E-state index in [1.807, 2.05) is 49.4 Å². The molecule has 0 spiro atoms. The smallest absolute Gasteiger partial charge is 0.341 e. The molecule has 0 aliphatic rings. The lowest BCUT2D eigenvalue weighted by atomic mass is 10.1. The molecule has 0 saturated carbocycles. The molecule has 1 aromatic heterocycles. The summed E-state index contributed by atoms with van der Waals surface area (Å²) in [5, 5.41) is 4.08. The Morgan fingerprint density at radius 3 is 2.67 bits per heavy atom. The minimum absolute atomic E-state index is 0.282. The van der Waals surface area contributed by atoms with Crippen molar-refractivity contribution in [2.75, 3.05) is 25.6 Å². The summed E-state index contributed by atoms with van der Waals surface area (Å²) >= 11 is 0. The van der Waals surface area contributed by atoms with Gasteiger partial charge in [0.2, 0.25) is 0 Å². The van der Waals surface area contributed by atoms with Gasteiger partial charge >= 0.3 is 5.97 Å². The van der Waals surface area contributed by atoms with E-state index < -0.39 is 5.97 Å². The van der Waals surface area contributed by atoms with Crippen molar-refractivity contribution in [3.8, 4) is 11.5 Å². The summed E-state index contributed by atoms with van der Waals surface area (Å²) in [4.78, 5) is 16.9. The number of benzene rings is 2. The van der Waals surface area contributed by atoms with Crippen LogP contribution in [0.15, 0.2) is 48.7 Å². The van der Waals surface area contributed by atoms with Crippen molar-refractivity contribution in [3.63, 3.8) is 0 Å². The van der Waals surface area contributed by atoms with Gasteiger partial charge in [0.25, 0.3) is 0 Å². The first-order chi connectivity index (χ1) is 13.2. The largest absolute Gasteiger partial charge is 0.495 e. The number of para-hydroxylation sites is 2. The third kappa shape index (κ3) is 3.95. The van der Waals surface area contributed by atoms with Crippen molar-refractivity contribution in [2.45, 2.75) is 13.8 Å². The van der Waals surface area contributed by atoms with Crippen LogP contribution in [0.3, 0.4) is 0 Å². The highest BCUT2D eigenvalue weighted by Crippen LogP contribution is 2.35. The Labute approximate surface area is 158 Å². The van der Waals surface area contributed by atoms with E-state index in [1.165, 1.54) is 6.20 Å².